The molecule has 1 heterocycles. The van der Waals surface area contributed by atoms with Crippen LogP contribution in [0.25, 0.3) is 0 Å². The normalized spacial score (nSPS) is 12.4. The Bertz CT molecular complexity index is 533. The fraction of sp³-hybridized carbons (Fsp3) is 0.375. The van der Waals surface area contributed by atoms with Gasteiger partial charge in [0.1, 0.15) is 11.5 Å². The number of aryl methyl sites for hydroxylation is 1. The first kappa shape index (κ1) is 13.7. The molecule has 102 valence electrons. The number of aliphatic hydroxyl groups excluding tert-OH is 1. The van der Waals surface area contributed by atoms with Crippen molar-refractivity contribution in [3.05, 3.63) is 53.5 Å². The van der Waals surface area contributed by atoms with Gasteiger partial charge in [-0.1, -0.05) is 25.1 Å². The van der Waals surface area contributed by atoms with Crippen LogP contribution in [-0.4, -0.2) is 12.2 Å². The van der Waals surface area contributed by atoms with Crippen molar-refractivity contribution in [2.45, 2.75) is 32.9 Å². The molecule has 1 atom stereocenters. The average Bonchev–Trinajstić information content (AvgIpc) is 2.83. The largest absolute Gasteiger partial charge is 0.464 e. The Labute approximate surface area is 114 Å². The molecule has 0 spiro atoms. The summed E-state index contributed by atoms with van der Waals surface area (Å²) in [5.74, 6) is 1.85. The van der Waals surface area contributed by atoms with Gasteiger partial charge >= 0.3 is 0 Å². The van der Waals surface area contributed by atoms with Crippen molar-refractivity contribution in [1.82, 2.24) is 0 Å². The number of furan rings is 1. The fourth-order valence-electron chi connectivity index (χ4n) is 2.23. The lowest BCUT2D eigenvalue weighted by Crippen LogP contribution is -2.18. The molecule has 19 heavy (non-hydrogen) atoms. The van der Waals surface area contributed by atoms with Crippen LogP contribution in [0.3, 0.4) is 0 Å². The van der Waals surface area contributed by atoms with Crippen LogP contribution >= 0.6 is 0 Å². The molecule has 0 aliphatic heterocycles. The minimum atomic E-state index is -0.419. The zero-order valence-corrected chi connectivity index (χ0v) is 11.8. The summed E-state index contributed by atoms with van der Waals surface area (Å²) in [6.07, 6.45) is 0.294. The van der Waals surface area contributed by atoms with Crippen LogP contribution in [0.2, 0.25) is 0 Å². The van der Waals surface area contributed by atoms with Crippen LogP contribution in [0.5, 0.6) is 0 Å². The van der Waals surface area contributed by atoms with Crippen LogP contribution in [-0.2, 0) is 6.54 Å². The van der Waals surface area contributed by atoms with E-state index in [-0.39, 0.29) is 0 Å². The van der Waals surface area contributed by atoms with Gasteiger partial charge < -0.3 is 14.4 Å². The van der Waals surface area contributed by atoms with Crippen molar-refractivity contribution in [3.63, 3.8) is 0 Å². The maximum atomic E-state index is 10.1. The number of hydrogen-bond donors (Lipinski definition) is 1. The van der Waals surface area contributed by atoms with Gasteiger partial charge in [0.25, 0.3) is 0 Å². The van der Waals surface area contributed by atoms with Gasteiger partial charge in [-0.05, 0) is 31.5 Å². The molecule has 3 nitrogen and oxygen atoms in total. The van der Waals surface area contributed by atoms with E-state index in [9.17, 15) is 5.11 Å². The highest BCUT2D eigenvalue weighted by molar-refractivity contribution is 5.54. The van der Waals surface area contributed by atoms with E-state index in [0.717, 1.165) is 22.8 Å². The van der Waals surface area contributed by atoms with Crippen molar-refractivity contribution in [2.75, 3.05) is 11.9 Å². The maximum absolute atomic E-state index is 10.1. The van der Waals surface area contributed by atoms with Gasteiger partial charge in [-0.15, -0.1) is 0 Å². The van der Waals surface area contributed by atoms with Gasteiger partial charge in [0, 0.05) is 18.3 Å². The number of para-hydroxylation sites is 1. The molecule has 0 saturated heterocycles. The van der Waals surface area contributed by atoms with Crippen molar-refractivity contribution in [2.24, 2.45) is 0 Å². The lowest BCUT2D eigenvalue weighted by Gasteiger charge is -2.23. The zero-order chi connectivity index (χ0) is 13.8. The topological polar surface area (TPSA) is 36.6 Å². The Morgan fingerprint density at radius 3 is 2.58 bits per heavy atom. The highest BCUT2D eigenvalue weighted by Crippen LogP contribution is 2.28. The first-order valence-electron chi connectivity index (χ1n) is 6.65. The van der Waals surface area contributed by atoms with Crippen LogP contribution < -0.4 is 4.90 Å². The van der Waals surface area contributed by atoms with Crippen molar-refractivity contribution in [3.8, 4) is 0 Å². The van der Waals surface area contributed by atoms with E-state index in [1.54, 1.807) is 0 Å². The predicted octanol–water partition coefficient (Wildman–Crippen LogP) is 3.67. The third-order valence-corrected chi connectivity index (χ3v) is 3.28. The summed E-state index contributed by atoms with van der Waals surface area (Å²) in [6, 6.07) is 11.9. The quantitative estimate of drug-likeness (QED) is 0.890. The lowest BCUT2D eigenvalue weighted by molar-refractivity contribution is 0.174. The monoisotopic (exact) mass is 259 g/mol. The molecule has 1 unspecified atom stereocenters. The van der Waals surface area contributed by atoms with E-state index in [1.807, 2.05) is 57.3 Å². The predicted molar refractivity (Wildman–Crippen MR) is 77.2 cm³/mol. The summed E-state index contributed by atoms with van der Waals surface area (Å²) in [6.45, 7) is 4.62. The second-order valence-electron chi connectivity index (χ2n) is 4.85. The summed E-state index contributed by atoms with van der Waals surface area (Å²) in [5.41, 5.74) is 2.02. The third kappa shape index (κ3) is 3.18. The molecular formula is C16H21NO2. The van der Waals surface area contributed by atoms with Gasteiger partial charge in [0.15, 0.2) is 0 Å². The number of benzene rings is 1. The minimum Gasteiger partial charge on any atom is -0.464 e. The molecule has 1 N–H and O–H groups in total. The highest BCUT2D eigenvalue weighted by atomic mass is 16.3. The molecule has 0 saturated carbocycles. The number of hydrogen-bond acceptors (Lipinski definition) is 3. The molecule has 0 aliphatic carbocycles. The summed E-state index contributed by atoms with van der Waals surface area (Å²) >= 11 is 0. The molecule has 1 aromatic heterocycles. The third-order valence-electron chi connectivity index (χ3n) is 3.28. The van der Waals surface area contributed by atoms with E-state index in [0.29, 0.717) is 13.0 Å². The second kappa shape index (κ2) is 5.93. The molecule has 0 bridgehead atoms. The molecular weight excluding hydrogens is 238 g/mol. The van der Waals surface area contributed by atoms with E-state index < -0.39 is 6.10 Å². The van der Waals surface area contributed by atoms with Gasteiger partial charge in [-0.2, -0.15) is 0 Å². The maximum Gasteiger partial charge on any atom is 0.123 e. The Kier molecular flexibility index (Phi) is 4.27. The Balaban J connectivity index is 2.21. The van der Waals surface area contributed by atoms with E-state index in [4.69, 9.17) is 4.42 Å². The standard InChI is InChI=1S/C16H21NO2/c1-4-16(18)14-7-5-6-8-15(14)17(3)11-13-10-9-12(2)19-13/h5-10,16,18H,4,11H2,1-3H3. The van der Waals surface area contributed by atoms with E-state index in [2.05, 4.69) is 4.90 Å². The SMILES string of the molecule is CCC(O)c1ccccc1N(C)Cc1ccc(C)o1. The number of aliphatic hydroxyl groups is 1. The zero-order valence-electron chi connectivity index (χ0n) is 11.8. The molecule has 0 amide bonds. The van der Waals surface area contributed by atoms with Gasteiger partial charge in [0.05, 0.1) is 12.6 Å². The number of nitrogens with zero attached hydrogens (tertiary/aromatic N) is 1. The first-order valence-corrected chi connectivity index (χ1v) is 6.65. The molecule has 0 fully saturated rings. The summed E-state index contributed by atoms with van der Waals surface area (Å²) in [7, 11) is 2.01. The molecule has 2 rings (SSSR count). The molecule has 0 aliphatic rings. The van der Waals surface area contributed by atoms with Crippen LogP contribution in [0.1, 0.15) is 36.5 Å². The van der Waals surface area contributed by atoms with E-state index >= 15 is 0 Å². The Hall–Kier alpha value is -1.74. The molecule has 2 aromatic rings. The number of rotatable bonds is 5. The second-order valence-corrected chi connectivity index (χ2v) is 4.85. The number of anilines is 1. The van der Waals surface area contributed by atoms with Gasteiger partial charge in [-0.25, -0.2) is 0 Å². The smallest absolute Gasteiger partial charge is 0.123 e. The molecule has 1 aromatic carbocycles. The fourth-order valence-corrected chi connectivity index (χ4v) is 2.23. The molecule has 0 radical (unpaired) electrons. The summed E-state index contributed by atoms with van der Waals surface area (Å²) < 4.78 is 5.60. The van der Waals surface area contributed by atoms with Crippen molar-refractivity contribution in [1.29, 1.82) is 0 Å². The Morgan fingerprint density at radius 2 is 1.95 bits per heavy atom. The lowest BCUT2D eigenvalue weighted by atomic mass is 10.0. The Morgan fingerprint density at radius 1 is 1.21 bits per heavy atom. The summed E-state index contributed by atoms with van der Waals surface area (Å²) in [5, 5.41) is 10.1. The average molecular weight is 259 g/mol. The van der Waals surface area contributed by atoms with Gasteiger partial charge in [0.2, 0.25) is 0 Å². The minimum absolute atomic E-state index is 0.419. The van der Waals surface area contributed by atoms with Gasteiger partial charge in [-0.3, -0.25) is 0 Å². The van der Waals surface area contributed by atoms with Crippen LogP contribution in [0.4, 0.5) is 5.69 Å². The van der Waals surface area contributed by atoms with Crippen LogP contribution in [0, 0.1) is 6.92 Å². The first-order chi connectivity index (χ1) is 9.11. The van der Waals surface area contributed by atoms with Crippen molar-refractivity contribution >= 4 is 5.69 Å². The van der Waals surface area contributed by atoms with Crippen LogP contribution in [0.15, 0.2) is 40.8 Å². The summed E-state index contributed by atoms with van der Waals surface area (Å²) in [4.78, 5) is 2.10. The van der Waals surface area contributed by atoms with E-state index in [1.165, 1.54) is 0 Å². The highest BCUT2D eigenvalue weighted by Gasteiger charge is 2.14. The van der Waals surface area contributed by atoms with Crippen molar-refractivity contribution < 1.29 is 9.52 Å². The molecule has 3 heteroatoms.